The molecule has 1 aromatic carbocycles. The van der Waals surface area contributed by atoms with E-state index in [9.17, 15) is 0 Å². The van der Waals surface area contributed by atoms with E-state index < -0.39 is 0 Å². The summed E-state index contributed by atoms with van der Waals surface area (Å²) in [6, 6.07) is 8.31. The van der Waals surface area contributed by atoms with Crippen LogP contribution < -0.4 is 0 Å². The minimum Gasteiger partial charge on any atom is -0.376 e. The van der Waals surface area contributed by atoms with E-state index >= 15 is 0 Å². The van der Waals surface area contributed by atoms with Crippen molar-refractivity contribution < 1.29 is 4.74 Å². The molecular formula is C15H19BrO. The molecule has 0 saturated carbocycles. The van der Waals surface area contributed by atoms with Crippen LogP contribution in [-0.2, 0) is 11.3 Å². The molecular weight excluding hydrogens is 276 g/mol. The smallest absolute Gasteiger partial charge is 0.0717 e. The third-order valence-electron chi connectivity index (χ3n) is 3.41. The van der Waals surface area contributed by atoms with Crippen LogP contribution in [0.2, 0.25) is 0 Å². The van der Waals surface area contributed by atoms with Gasteiger partial charge in [-0.15, -0.1) is 0 Å². The number of hydrogen-bond acceptors (Lipinski definition) is 1. The summed E-state index contributed by atoms with van der Waals surface area (Å²) in [6.07, 6.45) is 6.94. The Labute approximate surface area is 112 Å². The van der Waals surface area contributed by atoms with Gasteiger partial charge in [0, 0.05) is 4.47 Å². The standard InChI is InChI=1S/C15H19BrO/c1-12-5-2-3-7-14(12)11-17-10-13-6-4-8-15(16)9-13/h2-4,6,8-9,12,14H,5,7,10-11H2,1H3. The highest BCUT2D eigenvalue weighted by atomic mass is 79.9. The third-order valence-corrected chi connectivity index (χ3v) is 3.90. The maximum atomic E-state index is 5.83. The zero-order valence-electron chi connectivity index (χ0n) is 10.2. The SMILES string of the molecule is CC1CC=CCC1COCc1cccc(Br)c1. The monoisotopic (exact) mass is 294 g/mol. The molecule has 0 aromatic heterocycles. The highest BCUT2D eigenvalue weighted by Gasteiger charge is 2.18. The first-order valence-electron chi connectivity index (χ1n) is 6.23. The molecule has 17 heavy (non-hydrogen) atoms. The van der Waals surface area contributed by atoms with Gasteiger partial charge in [0.2, 0.25) is 0 Å². The van der Waals surface area contributed by atoms with Crippen LogP contribution in [0.25, 0.3) is 0 Å². The number of hydrogen-bond donors (Lipinski definition) is 0. The van der Waals surface area contributed by atoms with Gasteiger partial charge in [0.1, 0.15) is 0 Å². The highest BCUT2D eigenvalue weighted by molar-refractivity contribution is 9.10. The molecule has 0 bridgehead atoms. The number of rotatable bonds is 4. The second kappa shape index (κ2) is 6.36. The normalized spacial score (nSPS) is 23.9. The first-order valence-corrected chi connectivity index (χ1v) is 7.02. The van der Waals surface area contributed by atoms with E-state index in [0.717, 1.165) is 17.0 Å². The Balaban J connectivity index is 1.77. The summed E-state index contributed by atoms with van der Waals surface area (Å²) < 4.78 is 6.95. The highest BCUT2D eigenvalue weighted by Crippen LogP contribution is 2.25. The van der Waals surface area contributed by atoms with E-state index in [4.69, 9.17) is 4.74 Å². The van der Waals surface area contributed by atoms with Crippen molar-refractivity contribution in [2.45, 2.75) is 26.4 Å². The van der Waals surface area contributed by atoms with Crippen molar-refractivity contribution in [2.24, 2.45) is 11.8 Å². The molecule has 0 aliphatic heterocycles. The molecule has 2 unspecified atom stereocenters. The van der Waals surface area contributed by atoms with Crippen molar-refractivity contribution in [1.82, 2.24) is 0 Å². The molecule has 0 spiro atoms. The maximum absolute atomic E-state index is 5.83. The quantitative estimate of drug-likeness (QED) is 0.739. The lowest BCUT2D eigenvalue weighted by Gasteiger charge is -2.24. The molecule has 0 fully saturated rings. The zero-order valence-corrected chi connectivity index (χ0v) is 11.8. The predicted molar refractivity (Wildman–Crippen MR) is 74.8 cm³/mol. The first-order chi connectivity index (χ1) is 8.25. The summed E-state index contributed by atoms with van der Waals surface area (Å²) in [5, 5.41) is 0. The molecule has 1 nitrogen and oxygen atoms in total. The van der Waals surface area contributed by atoms with Crippen LogP contribution in [0.5, 0.6) is 0 Å². The second-order valence-corrected chi connectivity index (χ2v) is 5.74. The molecule has 1 aliphatic carbocycles. The predicted octanol–water partition coefficient (Wildman–Crippen LogP) is 4.57. The van der Waals surface area contributed by atoms with Gasteiger partial charge in [-0.3, -0.25) is 0 Å². The Bertz CT molecular complexity index is 386. The van der Waals surface area contributed by atoms with Crippen LogP contribution in [0, 0.1) is 11.8 Å². The fourth-order valence-electron chi connectivity index (χ4n) is 2.19. The third kappa shape index (κ3) is 3.97. The van der Waals surface area contributed by atoms with Crippen molar-refractivity contribution in [3.63, 3.8) is 0 Å². The molecule has 1 aromatic rings. The van der Waals surface area contributed by atoms with Gasteiger partial charge in [0.25, 0.3) is 0 Å². The van der Waals surface area contributed by atoms with E-state index in [2.05, 4.69) is 53.2 Å². The maximum Gasteiger partial charge on any atom is 0.0717 e. The second-order valence-electron chi connectivity index (χ2n) is 4.83. The van der Waals surface area contributed by atoms with Gasteiger partial charge < -0.3 is 4.74 Å². The van der Waals surface area contributed by atoms with E-state index in [1.165, 1.54) is 18.4 Å². The van der Waals surface area contributed by atoms with E-state index in [-0.39, 0.29) is 0 Å². The van der Waals surface area contributed by atoms with Gasteiger partial charge in [-0.2, -0.15) is 0 Å². The van der Waals surface area contributed by atoms with Crippen molar-refractivity contribution in [2.75, 3.05) is 6.61 Å². The molecule has 0 N–H and O–H groups in total. The van der Waals surface area contributed by atoms with Crippen LogP contribution in [-0.4, -0.2) is 6.61 Å². The summed E-state index contributed by atoms with van der Waals surface area (Å²) in [5.41, 5.74) is 1.23. The van der Waals surface area contributed by atoms with Crippen LogP contribution in [0.3, 0.4) is 0 Å². The van der Waals surface area contributed by atoms with Gasteiger partial charge in [-0.1, -0.05) is 47.1 Å². The summed E-state index contributed by atoms with van der Waals surface area (Å²) in [7, 11) is 0. The number of allylic oxidation sites excluding steroid dienone is 2. The lowest BCUT2D eigenvalue weighted by molar-refractivity contribution is 0.0680. The summed E-state index contributed by atoms with van der Waals surface area (Å²) >= 11 is 3.48. The van der Waals surface area contributed by atoms with Gasteiger partial charge in [0.15, 0.2) is 0 Å². The average molecular weight is 295 g/mol. The fourth-order valence-corrected chi connectivity index (χ4v) is 2.64. The topological polar surface area (TPSA) is 9.23 Å². The number of halogens is 1. The van der Waals surface area contributed by atoms with Gasteiger partial charge >= 0.3 is 0 Å². The van der Waals surface area contributed by atoms with Crippen LogP contribution in [0.1, 0.15) is 25.3 Å². The Morgan fingerprint density at radius 3 is 2.88 bits per heavy atom. The van der Waals surface area contributed by atoms with Crippen LogP contribution in [0.4, 0.5) is 0 Å². The summed E-state index contributed by atoms with van der Waals surface area (Å²) in [5.74, 6) is 1.44. The lowest BCUT2D eigenvalue weighted by Crippen LogP contribution is -2.19. The first kappa shape index (κ1) is 12.8. The van der Waals surface area contributed by atoms with Crippen molar-refractivity contribution in [1.29, 1.82) is 0 Å². The van der Waals surface area contributed by atoms with E-state index in [1.807, 2.05) is 6.07 Å². The van der Waals surface area contributed by atoms with Crippen molar-refractivity contribution in [3.8, 4) is 0 Å². The number of benzene rings is 1. The Kier molecular flexibility index (Phi) is 4.81. The van der Waals surface area contributed by atoms with E-state index in [0.29, 0.717) is 12.5 Å². The molecule has 0 radical (unpaired) electrons. The lowest BCUT2D eigenvalue weighted by atomic mass is 9.85. The summed E-state index contributed by atoms with van der Waals surface area (Å²) in [4.78, 5) is 0. The molecule has 0 amide bonds. The Hall–Kier alpha value is -0.600. The van der Waals surface area contributed by atoms with Crippen LogP contribution >= 0.6 is 15.9 Å². The van der Waals surface area contributed by atoms with Gasteiger partial charge in [-0.05, 0) is 42.4 Å². The minimum atomic E-state index is 0.687. The van der Waals surface area contributed by atoms with E-state index in [1.54, 1.807) is 0 Å². The molecule has 2 atom stereocenters. The molecule has 0 heterocycles. The zero-order chi connectivity index (χ0) is 12.1. The minimum absolute atomic E-state index is 0.687. The summed E-state index contributed by atoms with van der Waals surface area (Å²) in [6.45, 7) is 3.90. The average Bonchev–Trinajstić information content (AvgIpc) is 2.32. The van der Waals surface area contributed by atoms with Crippen molar-refractivity contribution >= 4 is 15.9 Å². The molecule has 92 valence electrons. The van der Waals surface area contributed by atoms with Crippen molar-refractivity contribution in [3.05, 3.63) is 46.5 Å². The largest absolute Gasteiger partial charge is 0.376 e. The molecule has 2 heteroatoms. The molecule has 2 rings (SSSR count). The van der Waals surface area contributed by atoms with Gasteiger partial charge in [0.05, 0.1) is 13.2 Å². The van der Waals surface area contributed by atoms with Crippen LogP contribution in [0.15, 0.2) is 40.9 Å². The fraction of sp³-hybridized carbons (Fsp3) is 0.467. The molecule has 1 aliphatic rings. The van der Waals surface area contributed by atoms with Gasteiger partial charge in [-0.25, -0.2) is 0 Å². The Morgan fingerprint density at radius 1 is 1.29 bits per heavy atom. The number of ether oxygens (including phenoxy) is 1. The Morgan fingerprint density at radius 2 is 2.12 bits per heavy atom. The molecule has 0 saturated heterocycles.